The third-order valence-corrected chi connectivity index (χ3v) is 5.34. The number of piperazine rings is 1. The summed E-state index contributed by atoms with van der Waals surface area (Å²) in [5, 5.41) is 2.87. The summed E-state index contributed by atoms with van der Waals surface area (Å²) in [4.78, 5) is 30.0. The molecule has 0 spiro atoms. The van der Waals surface area contributed by atoms with Gasteiger partial charge in [-0.05, 0) is 29.8 Å². The molecule has 1 N–H and O–H groups in total. The second-order valence-electron chi connectivity index (χ2n) is 7.34. The first-order valence-electron chi connectivity index (χ1n) is 10.2. The highest BCUT2D eigenvalue weighted by Crippen LogP contribution is 2.17. The van der Waals surface area contributed by atoms with Crippen LogP contribution in [0.15, 0.2) is 83.5 Å². The zero-order valence-electron chi connectivity index (χ0n) is 16.7. The molecule has 6 nitrogen and oxygen atoms in total. The van der Waals surface area contributed by atoms with E-state index in [9.17, 15) is 9.59 Å². The predicted octanol–water partition coefficient (Wildman–Crippen LogP) is 2.97. The standard InChI is InChI=1S/C24H25N3O3/c28-23(22-12-7-17-30-22)25-21(18-19-8-3-1-4-9-19)24(29)27-15-13-26(14-16-27)20-10-5-2-6-11-20/h1-12,17,21H,13-16,18H2,(H,25,28)/t21-/m1/s1. The topological polar surface area (TPSA) is 65.8 Å². The van der Waals surface area contributed by atoms with Crippen LogP contribution in [0.3, 0.4) is 0 Å². The number of anilines is 1. The van der Waals surface area contributed by atoms with Crippen LogP contribution in [0.2, 0.25) is 0 Å². The van der Waals surface area contributed by atoms with Crippen LogP contribution in [0.1, 0.15) is 16.1 Å². The maximum atomic E-state index is 13.3. The Morgan fingerprint density at radius 1 is 0.867 bits per heavy atom. The molecule has 1 fully saturated rings. The summed E-state index contributed by atoms with van der Waals surface area (Å²) >= 11 is 0. The Hall–Kier alpha value is -3.54. The third-order valence-electron chi connectivity index (χ3n) is 5.34. The Labute approximate surface area is 176 Å². The lowest BCUT2D eigenvalue weighted by molar-refractivity contribution is -0.133. The van der Waals surface area contributed by atoms with Gasteiger partial charge in [0.1, 0.15) is 6.04 Å². The summed E-state index contributed by atoms with van der Waals surface area (Å²) in [5.41, 5.74) is 2.16. The van der Waals surface area contributed by atoms with Crippen molar-refractivity contribution in [2.45, 2.75) is 12.5 Å². The fourth-order valence-corrected chi connectivity index (χ4v) is 3.73. The molecule has 1 aliphatic heterocycles. The lowest BCUT2D eigenvalue weighted by Gasteiger charge is -2.37. The highest BCUT2D eigenvalue weighted by molar-refractivity contribution is 5.95. The summed E-state index contributed by atoms with van der Waals surface area (Å²) in [6, 6.07) is 22.5. The maximum absolute atomic E-state index is 13.3. The highest BCUT2D eigenvalue weighted by atomic mass is 16.3. The molecule has 154 valence electrons. The van der Waals surface area contributed by atoms with Crippen molar-refractivity contribution in [2.24, 2.45) is 0 Å². The number of nitrogens with one attached hydrogen (secondary N) is 1. The second-order valence-corrected chi connectivity index (χ2v) is 7.34. The van der Waals surface area contributed by atoms with E-state index in [0.717, 1.165) is 24.3 Å². The number of carbonyl (C=O) groups excluding carboxylic acids is 2. The Kier molecular flexibility index (Phi) is 6.13. The van der Waals surface area contributed by atoms with Crippen LogP contribution in [-0.4, -0.2) is 48.9 Å². The van der Waals surface area contributed by atoms with Gasteiger partial charge in [0.05, 0.1) is 6.26 Å². The average Bonchev–Trinajstić information content (AvgIpc) is 3.35. The van der Waals surface area contributed by atoms with Crippen LogP contribution in [0, 0.1) is 0 Å². The summed E-state index contributed by atoms with van der Waals surface area (Å²) in [5.74, 6) is -0.238. The monoisotopic (exact) mass is 403 g/mol. The molecule has 2 heterocycles. The van der Waals surface area contributed by atoms with Gasteiger partial charge in [0.15, 0.2) is 5.76 Å². The Morgan fingerprint density at radius 2 is 1.53 bits per heavy atom. The molecule has 0 bridgehead atoms. The van der Waals surface area contributed by atoms with Gasteiger partial charge in [0, 0.05) is 38.3 Å². The van der Waals surface area contributed by atoms with Crippen molar-refractivity contribution < 1.29 is 14.0 Å². The second kappa shape index (κ2) is 9.31. The van der Waals surface area contributed by atoms with Crippen molar-refractivity contribution in [3.8, 4) is 0 Å². The molecule has 30 heavy (non-hydrogen) atoms. The summed E-state index contributed by atoms with van der Waals surface area (Å²) in [7, 11) is 0. The first kappa shape index (κ1) is 19.8. The summed E-state index contributed by atoms with van der Waals surface area (Å²) in [6.07, 6.45) is 1.89. The van der Waals surface area contributed by atoms with Crippen molar-refractivity contribution in [1.29, 1.82) is 0 Å². The van der Waals surface area contributed by atoms with Crippen LogP contribution in [0.5, 0.6) is 0 Å². The number of benzene rings is 2. The summed E-state index contributed by atoms with van der Waals surface area (Å²) < 4.78 is 5.19. The number of amides is 2. The van der Waals surface area contributed by atoms with Gasteiger partial charge >= 0.3 is 0 Å². The lowest BCUT2D eigenvalue weighted by Crippen LogP contribution is -2.55. The van der Waals surface area contributed by atoms with Crippen molar-refractivity contribution >= 4 is 17.5 Å². The van der Waals surface area contributed by atoms with Crippen molar-refractivity contribution in [2.75, 3.05) is 31.1 Å². The zero-order valence-corrected chi connectivity index (χ0v) is 16.7. The minimum Gasteiger partial charge on any atom is -0.459 e. The van der Waals surface area contributed by atoms with E-state index >= 15 is 0 Å². The van der Waals surface area contributed by atoms with Crippen LogP contribution < -0.4 is 10.2 Å². The lowest BCUT2D eigenvalue weighted by atomic mass is 10.0. The smallest absolute Gasteiger partial charge is 0.287 e. The molecule has 3 aromatic rings. The van der Waals surface area contributed by atoms with Gasteiger partial charge in [-0.3, -0.25) is 9.59 Å². The maximum Gasteiger partial charge on any atom is 0.287 e. The van der Waals surface area contributed by atoms with Gasteiger partial charge in [0.2, 0.25) is 5.91 Å². The predicted molar refractivity (Wildman–Crippen MR) is 115 cm³/mol. The largest absolute Gasteiger partial charge is 0.459 e. The van der Waals surface area contributed by atoms with E-state index in [1.807, 2.05) is 53.4 Å². The van der Waals surface area contributed by atoms with Gasteiger partial charge in [-0.1, -0.05) is 48.5 Å². The van der Waals surface area contributed by atoms with E-state index in [4.69, 9.17) is 4.42 Å². The molecule has 1 saturated heterocycles. The molecule has 6 heteroatoms. The number of furan rings is 1. The van der Waals surface area contributed by atoms with Crippen LogP contribution in [0.4, 0.5) is 5.69 Å². The van der Waals surface area contributed by atoms with E-state index in [2.05, 4.69) is 22.3 Å². The fraction of sp³-hybridized carbons (Fsp3) is 0.250. The molecule has 2 aromatic carbocycles. The van der Waals surface area contributed by atoms with Gasteiger partial charge in [-0.25, -0.2) is 0 Å². The quantitative estimate of drug-likeness (QED) is 0.687. The van der Waals surface area contributed by atoms with E-state index in [1.54, 1.807) is 12.1 Å². The third kappa shape index (κ3) is 4.71. The van der Waals surface area contributed by atoms with Gasteiger partial charge in [-0.15, -0.1) is 0 Å². The van der Waals surface area contributed by atoms with E-state index in [-0.39, 0.29) is 17.6 Å². The highest BCUT2D eigenvalue weighted by Gasteiger charge is 2.29. The van der Waals surface area contributed by atoms with Crippen molar-refractivity contribution in [1.82, 2.24) is 10.2 Å². The molecule has 1 aliphatic rings. The number of hydrogen-bond donors (Lipinski definition) is 1. The number of hydrogen-bond acceptors (Lipinski definition) is 4. The minimum atomic E-state index is -0.645. The Bertz CT molecular complexity index is 950. The molecular weight excluding hydrogens is 378 g/mol. The van der Waals surface area contributed by atoms with E-state index in [1.165, 1.54) is 6.26 Å². The van der Waals surface area contributed by atoms with Gasteiger partial charge < -0.3 is 19.5 Å². The number of carbonyl (C=O) groups is 2. The van der Waals surface area contributed by atoms with E-state index < -0.39 is 6.04 Å². The molecule has 1 atom stereocenters. The SMILES string of the molecule is O=C(N[C@H](Cc1ccccc1)C(=O)N1CCN(c2ccccc2)CC1)c1ccco1. The van der Waals surface area contributed by atoms with Crippen LogP contribution in [0.25, 0.3) is 0 Å². The Morgan fingerprint density at radius 3 is 2.17 bits per heavy atom. The van der Waals surface area contributed by atoms with Crippen molar-refractivity contribution in [3.05, 3.63) is 90.4 Å². The molecule has 0 radical (unpaired) electrons. The van der Waals surface area contributed by atoms with Gasteiger partial charge in [0.25, 0.3) is 5.91 Å². The Balaban J connectivity index is 1.44. The molecular formula is C24H25N3O3. The van der Waals surface area contributed by atoms with E-state index in [0.29, 0.717) is 19.5 Å². The molecule has 0 unspecified atom stereocenters. The van der Waals surface area contributed by atoms with Gasteiger partial charge in [-0.2, -0.15) is 0 Å². The molecule has 0 saturated carbocycles. The normalized spacial score (nSPS) is 14.9. The average molecular weight is 403 g/mol. The molecule has 1 aromatic heterocycles. The zero-order chi connectivity index (χ0) is 20.8. The molecule has 0 aliphatic carbocycles. The number of nitrogens with zero attached hydrogens (tertiary/aromatic N) is 2. The fourth-order valence-electron chi connectivity index (χ4n) is 3.73. The minimum absolute atomic E-state index is 0.0635. The number of rotatable bonds is 6. The first-order valence-corrected chi connectivity index (χ1v) is 10.2. The number of para-hydroxylation sites is 1. The van der Waals surface area contributed by atoms with Crippen LogP contribution in [-0.2, 0) is 11.2 Å². The molecule has 4 rings (SSSR count). The van der Waals surface area contributed by atoms with Crippen molar-refractivity contribution in [3.63, 3.8) is 0 Å². The van der Waals surface area contributed by atoms with Crippen LogP contribution >= 0.6 is 0 Å². The molecule has 2 amide bonds. The summed E-state index contributed by atoms with van der Waals surface area (Å²) in [6.45, 7) is 2.77. The first-order chi connectivity index (χ1) is 14.7.